The van der Waals surface area contributed by atoms with Crippen LogP contribution >= 0.6 is 0 Å². The molecule has 6 heteroatoms. The molecule has 0 saturated heterocycles. The van der Waals surface area contributed by atoms with Gasteiger partial charge in [0, 0.05) is 11.7 Å². The molecule has 0 unspecified atom stereocenters. The SMILES string of the molecule is C[C@H]1Cc2ccccc2N1C(=O)COC(=O)c1ccc2c(c1)OCCO2. The van der Waals surface area contributed by atoms with Crippen molar-refractivity contribution < 1.29 is 23.8 Å². The fourth-order valence-corrected chi connectivity index (χ4v) is 3.40. The Labute approximate surface area is 151 Å². The summed E-state index contributed by atoms with van der Waals surface area (Å²) in [6.45, 7) is 2.61. The van der Waals surface area contributed by atoms with Crippen LogP contribution < -0.4 is 14.4 Å². The Kier molecular flexibility index (Phi) is 4.24. The van der Waals surface area contributed by atoms with E-state index < -0.39 is 5.97 Å². The highest BCUT2D eigenvalue weighted by molar-refractivity contribution is 5.99. The number of anilines is 1. The zero-order valence-electron chi connectivity index (χ0n) is 14.4. The molecule has 6 nitrogen and oxygen atoms in total. The van der Waals surface area contributed by atoms with Gasteiger partial charge in [-0.3, -0.25) is 4.79 Å². The van der Waals surface area contributed by atoms with Crippen molar-refractivity contribution in [1.82, 2.24) is 0 Å². The van der Waals surface area contributed by atoms with Crippen LogP contribution in [0.2, 0.25) is 0 Å². The van der Waals surface area contributed by atoms with Crippen LogP contribution in [0.4, 0.5) is 5.69 Å². The van der Waals surface area contributed by atoms with Crippen LogP contribution in [0.5, 0.6) is 11.5 Å². The molecule has 4 rings (SSSR count). The number of nitrogens with zero attached hydrogens (tertiary/aromatic N) is 1. The molecule has 26 heavy (non-hydrogen) atoms. The van der Waals surface area contributed by atoms with Crippen LogP contribution in [-0.4, -0.2) is 37.7 Å². The number of hydrogen-bond acceptors (Lipinski definition) is 5. The minimum Gasteiger partial charge on any atom is -0.486 e. The second-order valence-corrected chi connectivity index (χ2v) is 6.38. The van der Waals surface area contributed by atoms with E-state index in [2.05, 4.69) is 0 Å². The lowest BCUT2D eigenvalue weighted by molar-refractivity contribution is -0.122. The van der Waals surface area contributed by atoms with Gasteiger partial charge in [0.05, 0.1) is 5.56 Å². The smallest absolute Gasteiger partial charge is 0.338 e. The van der Waals surface area contributed by atoms with E-state index >= 15 is 0 Å². The van der Waals surface area contributed by atoms with Crippen molar-refractivity contribution in [3.63, 3.8) is 0 Å². The largest absolute Gasteiger partial charge is 0.486 e. The Bertz CT molecular complexity index is 863. The van der Waals surface area contributed by atoms with Crippen molar-refractivity contribution in [2.75, 3.05) is 24.7 Å². The lowest BCUT2D eigenvalue weighted by Crippen LogP contribution is -2.38. The summed E-state index contributed by atoms with van der Waals surface area (Å²) in [5.41, 5.74) is 2.35. The zero-order chi connectivity index (χ0) is 18.1. The second kappa shape index (κ2) is 6.71. The lowest BCUT2D eigenvalue weighted by Gasteiger charge is -2.22. The number of rotatable bonds is 3. The Hall–Kier alpha value is -3.02. The molecule has 0 fully saturated rings. The van der Waals surface area contributed by atoms with E-state index in [1.807, 2.05) is 31.2 Å². The van der Waals surface area contributed by atoms with Crippen LogP contribution in [0.15, 0.2) is 42.5 Å². The summed E-state index contributed by atoms with van der Waals surface area (Å²) in [4.78, 5) is 26.6. The van der Waals surface area contributed by atoms with Crippen molar-refractivity contribution in [2.24, 2.45) is 0 Å². The normalized spacial score (nSPS) is 17.6. The summed E-state index contributed by atoms with van der Waals surface area (Å²) >= 11 is 0. The van der Waals surface area contributed by atoms with Crippen LogP contribution in [0, 0.1) is 0 Å². The highest BCUT2D eigenvalue weighted by Gasteiger charge is 2.31. The van der Waals surface area contributed by atoms with Crippen LogP contribution in [0.3, 0.4) is 0 Å². The van der Waals surface area contributed by atoms with E-state index in [1.54, 1.807) is 23.1 Å². The maximum absolute atomic E-state index is 12.6. The summed E-state index contributed by atoms with van der Waals surface area (Å²) in [5, 5.41) is 0. The molecule has 2 heterocycles. The summed E-state index contributed by atoms with van der Waals surface area (Å²) in [5.74, 6) is 0.328. The van der Waals surface area contributed by atoms with E-state index in [0.29, 0.717) is 30.3 Å². The van der Waals surface area contributed by atoms with Gasteiger partial charge >= 0.3 is 5.97 Å². The third-order valence-electron chi connectivity index (χ3n) is 4.58. The molecule has 2 aromatic carbocycles. The van der Waals surface area contributed by atoms with Gasteiger partial charge in [0.2, 0.25) is 0 Å². The maximum Gasteiger partial charge on any atom is 0.338 e. The third-order valence-corrected chi connectivity index (χ3v) is 4.58. The predicted octanol–water partition coefficient (Wildman–Crippen LogP) is 2.59. The van der Waals surface area contributed by atoms with E-state index in [4.69, 9.17) is 14.2 Å². The fourth-order valence-electron chi connectivity index (χ4n) is 3.40. The Balaban J connectivity index is 1.42. The first-order chi connectivity index (χ1) is 12.6. The number of fused-ring (bicyclic) bond motifs is 2. The van der Waals surface area contributed by atoms with E-state index in [-0.39, 0.29) is 18.6 Å². The quantitative estimate of drug-likeness (QED) is 0.794. The first-order valence-corrected chi connectivity index (χ1v) is 8.60. The minimum atomic E-state index is -0.560. The van der Waals surface area contributed by atoms with Crippen LogP contribution in [0.25, 0.3) is 0 Å². The molecule has 0 saturated carbocycles. The van der Waals surface area contributed by atoms with Crippen LogP contribution in [0.1, 0.15) is 22.8 Å². The molecule has 1 amide bonds. The van der Waals surface area contributed by atoms with E-state index in [9.17, 15) is 9.59 Å². The second-order valence-electron chi connectivity index (χ2n) is 6.38. The van der Waals surface area contributed by atoms with E-state index in [0.717, 1.165) is 17.7 Å². The first kappa shape index (κ1) is 16.4. The van der Waals surface area contributed by atoms with Gasteiger partial charge in [-0.2, -0.15) is 0 Å². The Morgan fingerprint density at radius 1 is 1.12 bits per heavy atom. The van der Waals surface area contributed by atoms with Gasteiger partial charge < -0.3 is 19.1 Å². The van der Waals surface area contributed by atoms with Gasteiger partial charge in [-0.25, -0.2) is 4.79 Å². The average molecular weight is 353 g/mol. The molecule has 0 N–H and O–H groups in total. The first-order valence-electron chi connectivity index (χ1n) is 8.60. The zero-order valence-corrected chi connectivity index (χ0v) is 14.4. The molecule has 0 radical (unpaired) electrons. The summed E-state index contributed by atoms with van der Waals surface area (Å²) < 4.78 is 16.1. The Morgan fingerprint density at radius 2 is 1.88 bits per heavy atom. The van der Waals surface area contributed by atoms with Crippen molar-refractivity contribution in [3.8, 4) is 11.5 Å². The number of benzene rings is 2. The van der Waals surface area contributed by atoms with Crippen molar-refractivity contribution in [3.05, 3.63) is 53.6 Å². The molecule has 134 valence electrons. The molecule has 0 aliphatic carbocycles. The molecule has 2 aromatic rings. The summed E-state index contributed by atoms with van der Waals surface area (Å²) in [6.07, 6.45) is 0.804. The number of ether oxygens (including phenoxy) is 3. The number of carbonyl (C=O) groups excluding carboxylic acids is 2. The molecular weight excluding hydrogens is 334 g/mol. The molecule has 1 atom stereocenters. The van der Waals surface area contributed by atoms with Crippen molar-refractivity contribution >= 4 is 17.6 Å². The molecule has 2 aliphatic heterocycles. The van der Waals surface area contributed by atoms with Crippen molar-refractivity contribution in [2.45, 2.75) is 19.4 Å². The van der Waals surface area contributed by atoms with Gasteiger partial charge in [0.15, 0.2) is 18.1 Å². The van der Waals surface area contributed by atoms with Crippen LogP contribution in [-0.2, 0) is 16.0 Å². The maximum atomic E-state index is 12.6. The molecule has 0 aromatic heterocycles. The fraction of sp³-hybridized carbons (Fsp3) is 0.300. The average Bonchev–Trinajstić information content (AvgIpc) is 3.01. The predicted molar refractivity (Wildman–Crippen MR) is 94.8 cm³/mol. The van der Waals surface area contributed by atoms with E-state index in [1.165, 1.54) is 0 Å². The molecular formula is C20H19NO5. The van der Waals surface area contributed by atoms with Gasteiger partial charge in [-0.1, -0.05) is 18.2 Å². The number of esters is 1. The number of amides is 1. The lowest BCUT2D eigenvalue weighted by atomic mass is 10.1. The topological polar surface area (TPSA) is 65.1 Å². The summed E-state index contributed by atoms with van der Waals surface area (Å²) in [7, 11) is 0. The number of para-hydroxylation sites is 1. The number of hydrogen-bond donors (Lipinski definition) is 0. The molecule has 0 spiro atoms. The van der Waals surface area contributed by atoms with Gasteiger partial charge in [0.25, 0.3) is 5.91 Å². The Morgan fingerprint density at radius 3 is 2.73 bits per heavy atom. The van der Waals surface area contributed by atoms with Crippen molar-refractivity contribution in [1.29, 1.82) is 0 Å². The van der Waals surface area contributed by atoms with Gasteiger partial charge in [0.1, 0.15) is 13.2 Å². The standard InChI is InChI=1S/C20H19NO5/c1-13-10-14-4-2-3-5-16(14)21(13)19(22)12-26-20(23)15-6-7-17-18(11-15)25-9-8-24-17/h2-7,11,13H,8-10,12H2,1H3/t13-/m0/s1. The monoisotopic (exact) mass is 353 g/mol. The highest BCUT2D eigenvalue weighted by Crippen LogP contribution is 2.32. The molecule has 2 aliphatic rings. The van der Waals surface area contributed by atoms with Gasteiger partial charge in [-0.05, 0) is 43.2 Å². The molecule has 0 bridgehead atoms. The number of carbonyl (C=O) groups is 2. The highest BCUT2D eigenvalue weighted by atomic mass is 16.6. The minimum absolute atomic E-state index is 0.0490. The van der Waals surface area contributed by atoms with Gasteiger partial charge in [-0.15, -0.1) is 0 Å². The third kappa shape index (κ3) is 2.98. The summed E-state index contributed by atoms with van der Waals surface area (Å²) in [6, 6.07) is 12.7.